The van der Waals surface area contributed by atoms with Gasteiger partial charge in [-0.05, 0) is 34.9 Å². The Morgan fingerprint density at radius 1 is 1.25 bits per heavy atom. The molecule has 0 unspecified atom stereocenters. The summed E-state index contributed by atoms with van der Waals surface area (Å²) in [7, 11) is 0. The van der Waals surface area contributed by atoms with Crippen molar-refractivity contribution in [2.45, 2.75) is 13.3 Å². The van der Waals surface area contributed by atoms with E-state index >= 15 is 0 Å². The number of carbonyl (C=O) groups excluding carboxylic acids is 1. The van der Waals surface area contributed by atoms with Crippen LogP contribution in [0.3, 0.4) is 0 Å². The van der Waals surface area contributed by atoms with Gasteiger partial charge in [-0.25, -0.2) is 0 Å². The first kappa shape index (κ1) is 13.7. The van der Waals surface area contributed by atoms with Gasteiger partial charge in [0.05, 0.1) is 6.42 Å². The SMILES string of the molecule is CC(=O)O.O=C1Cc2c(cccc2-c2ccncc2)N1. The van der Waals surface area contributed by atoms with Crippen LogP contribution >= 0.6 is 0 Å². The third-order valence-corrected chi connectivity index (χ3v) is 2.78. The van der Waals surface area contributed by atoms with Crippen molar-refractivity contribution in [2.75, 3.05) is 5.32 Å². The topological polar surface area (TPSA) is 79.3 Å². The molecule has 0 atom stereocenters. The molecule has 2 N–H and O–H groups in total. The molecule has 5 nitrogen and oxygen atoms in total. The van der Waals surface area contributed by atoms with Crippen molar-refractivity contribution in [3.8, 4) is 11.1 Å². The fraction of sp³-hybridized carbons (Fsp3) is 0.133. The number of rotatable bonds is 1. The lowest BCUT2D eigenvalue weighted by Crippen LogP contribution is -2.03. The van der Waals surface area contributed by atoms with E-state index in [0.717, 1.165) is 29.3 Å². The van der Waals surface area contributed by atoms with Crippen molar-refractivity contribution in [2.24, 2.45) is 0 Å². The first-order valence-corrected chi connectivity index (χ1v) is 6.09. The number of benzene rings is 1. The highest BCUT2D eigenvalue weighted by molar-refractivity contribution is 6.01. The van der Waals surface area contributed by atoms with Crippen LogP contribution in [0.2, 0.25) is 0 Å². The second kappa shape index (κ2) is 5.97. The van der Waals surface area contributed by atoms with Crippen LogP contribution < -0.4 is 5.32 Å². The number of nitrogens with one attached hydrogen (secondary N) is 1. The van der Waals surface area contributed by atoms with Crippen molar-refractivity contribution >= 4 is 17.6 Å². The first-order chi connectivity index (χ1) is 9.58. The Morgan fingerprint density at radius 2 is 1.90 bits per heavy atom. The molecular weight excluding hydrogens is 256 g/mol. The summed E-state index contributed by atoms with van der Waals surface area (Å²) in [6, 6.07) is 9.84. The number of carboxylic acids is 1. The highest BCUT2D eigenvalue weighted by Gasteiger charge is 2.20. The quantitative estimate of drug-likeness (QED) is 0.833. The van der Waals surface area contributed by atoms with Gasteiger partial charge in [0.25, 0.3) is 5.97 Å². The van der Waals surface area contributed by atoms with Crippen LogP contribution in [0, 0.1) is 0 Å². The van der Waals surface area contributed by atoms with Crippen LogP contribution in [0.15, 0.2) is 42.7 Å². The third kappa shape index (κ3) is 3.20. The van der Waals surface area contributed by atoms with Crippen LogP contribution in [0.25, 0.3) is 11.1 Å². The Morgan fingerprint density at radius 3 is 2.55 bits per heavy atom. The van der Waals surface area contributed by atoms with E-state index in [4.69, 9.17) is 9.90 Å². The lowest BCUT2D eigenvalue weighted by Gasteiger charge is -2.06. The van der Waals surface area contributed by atoms with Gasteiger partial charge in [0.1, 0.15) is 0 Å². The predicted molar refractivity (Wildman–Crippen MR) is 75.3 cm³/mol. The number of anilines is 1. The van der Waals surface area contributed by atoms with Gasteiger partial charge < -0.3 is 10.4 Å². The van der Waals surface area contributed by atoms with Crippen molar-refractivity contribution < 1.29 is 14.7 Å². The monoisotopic (exact) mass is 270 g/mol. The van der Waals surface area contributed by atoms with E-state index in [9.17, 15) is 4.79 Å². The van der Waals surface area contributed by atoms with Crippen LogP contribution in [0.1, 0.15) is 12.5 Å². The van der Waals surface area contributed by atoms with Gasteiger partial charge >= 0.3 is 0 Å². The summed E-state index contributed by atoms with van der Waals surface area (Å²) >= 11 is 0. The van der Waals surface area contributed by atoms with E-state index in [2.05, 4.69) is 10.3 Å². The van der Waals surface area contributed by atoms with Gasteiger partial charge in [0.2, 0.25) is 5.91 Å². The lowest BCUT2D eigenvalue weighted by molar-refractivity contribution is -0.134. The minimum absolute atomic E-state index is 0.0662. The van der Waals surface area contributed by atoms with Gasteiger partial charge in [-0.2, -0.15) is 0 Å². The Bertz CT molecular complexity index is 635. The van der Waals surface area contributed by atoms with Crippen molar-refractivity contribution in [1.82, 2.24) is 4.98 Å². The molecule has 0 bridgehead atoms. The predicted octanol–water partition coefficient (Wildman–Crippen LogP) is 2.33. The minimum atomic E-state index is -0.833. The van der Waals surface area contributed by atoms with Crippen LogP contribution in [-0.4, -0.2) is 22.0 Å². The summed E-state index contributed by atoms with van der Waals surface area (Å²) in [5, 5.41) is 10.3. The van der Waals surface area contributed by atoms with Crippen molar-refractivity contribution in [3.63, 3.8) is 0 Å². The summed E-state index contributed by atoms with van der Waals surface area (Å²) < 4.78 is 0. The molecule has 3 rings (SSSR count). The molecular formula is C15H14N2O3. The molecule has 102 valence electrons. The Labute approximate surface area is 116 Å². The normalized spacial score (nSPS) is 11.9. The summed E-state index contributed by atoms with van der Waals surface area (Å²) in [5.41, 5.74) is 4.22. The number of hydrogen-bond donors (Lipinski definition) is 2. The number of amides is 1. The van der Waals surface area contributed by atoms with Gasteiger partial charge in [0, 0.05) is 25.0 Å². The first-order valence-electron chi connectivity index (χ1n) is 6.09. The Balaban J connectivity index is 0.000000328. The molecule has 1 aliphatic rings. The zero-order valence-corrected chi connectivity index (χ0v) is 11.0. The lowest BCUT2D eigenvalue weighted by atomic mass is 9.99. The number of aliphatic carboxylic acids is 1. The summed E-state index contributed by atoms with van der Waals surface area (Å²) in [6.45, 7) is 1.08. The molecule has 1 amide bonds. The number of fused-ring (bicyclic) bond motifs is 1. The molecule has 20 heavy (non-hydrogen) atoms. The Hall–Kier alpha value is -2.69. The molecule has 0 spiro atoms. The molecule has 2 heterocycles. The fourth-order valence-corrected chi connectivity index (χ4v) is 2.05. The number of pyridine rings is 1. The molecule has 2 aromatic rings. The molecule has 0 aliphatic carbocycles. The molecule has 1 aromatic heterocycles. The second-order valence-electron chi connectivity index (χ2n) is 4.31. The van der Waals surface area contributed by atoms with Gasteiger partial charge in [0.15, 0.2) is 0 Å². The van der Waals surface area contributed by atoms with E-state index in [-0.39, 0.29) is 5.91 Å². The maximum Gasteiger partial charge on any atom is 0.300 e. The third-order valence-electron chi connectivity index (χ3n) is 2.78. The second-order valence-corrected chi connectivity index (χ2v) is 4.31. The zero-order chi connectivity index (χ0) is 14.5. The Kier molecular flexibility index (Phi) is 4.10. The molecule has 1 aromatic carbocycles. The van der Waals surface area contributed by atoms with E-state index < -0.39 is 5.97 Å². The molecule has 5 heteroatoms. The largest absolute Gasteiger partial charge is 0.481 e. The number of carbonyl (C=O) groups is 2. The maximum atomic E-state index is 11.4. The average Bonchev–Trinajstić information content (AvgIpc) is 2.79. The molecule has 0 saturated heterocycles. The summed E-state index contributed by atoms with van der Waals surface area (Å²) in [4.78, 5) is 24.4. The number of hydrogen-bond acceptors (Lipinski definition) is 3. The molecule has 0 fully saturated rings. The van der Waals surface area contributed by atoms with Crippen molar-refractivity contribution in [1.29, 1.82) is 0 Å². The zero-order valence-electron chi connectivity index (χ0n) is 11.0. The number of carboxylic acid groups (broad SMARTS) is 1. The highest BCUT2D eigenvalue weighted by atomic mass is 16.4. The molecule has 0 saturated carbocycles. The molecule has 0 radical (unpaired) electrons. The average molecular weight is 270 g/mol. The van der Waals surface area contributed by atoms with Crippen molar-refractivity contribution in [3.05, 3.63) is 48.3 Å². The van der Waals surface area contributed by atoms with Crippen LogP contribution in [0.5, 0.6) is 0 Å². The molecule has 1 aliphatic heterocycles. The fourth-order valence-electron chi connectivity index (χ4n) is 2.05. The minimum Gasteiger partial charge on any atom is -0.481 e. The highest BCUT2D eigenvalue weighted by Crippen LogP contribution is 2.32. The van der Waals surface area contributed by atoms with E-state index in [1.807, 2.05) is 30.3 Å². The van der Waals surface area contributed by atoms with Gasteiger partial charge in [-0.1, -0.05) is 12.1 Å². The number of aromatic nitrogens is 1. The van der Waals surface area contributed by atoms with E-state index in [1.54, 1.807) is 12.4 Å². The standard InChI is InChI=1S/C13H10N2O.C2H4O2/c16-13-8-11-10(2-1-3-12(11)15-13)9-4-6-14-7-5-9;1-2(3)4/h1-7H,8H2,(H,15,16);1H3,(H,3,4). The maximum absolute atomic E-state index is 11.4. The smallest absolute Gasteiger partial charge is 0.300 e. The van der Waals surface area contributed by atoms with Gasteiger partial charge in [-0.3, -0.25) is 14.6 Å². The summed E-state index contributed by atoms with van der Waals surface area (Å²) in [6.07, 6.45) is 3.99. The van der Waals surface area contributed by atoms with Crippen LogP contribution in [-0.2, 0) is 16.0 Å². The summed E-state index contributed by atoms with van der Waals surface area (Å²) in [5.74, 6) is -0.767. The number of nitrogens with zero attached hydrogens (tertiary/aromatic N) is 1. The van der Waals surface area contributed by atoms with Gasteiger partial charge in [-0.15, -0.1) is 0 Å². The van der Waals surface area contributed by atoms with Crippen LogP contribution in [0.4, 0.5) is 5.69 Å². The van der Waals surface area contributed by atoms with E-state index in [0.29, 0.717) is 6.42 Å². The van der Waals surface area contributed by atoms with E-state index in [1.165, 1.54) is 0 Å².